The highest BCUT2D eigenvalue weighted by atomic mass is 16.1. The minimum atomic E-state index is 0.181. The highest BCUT2D eigenvalue weighted by Crippen LogP contribution is 2.29. The molecule has 2 atom stereocenters. The second kappa shape index (κ2) is 29.0. The SMILES string of the molecule is CCCCCCCC/C=C1\CCCCCCCCC(C(=O)NCCN)CCCCCC/C=C\CC1CCCCCC. The maximum atomic E-state index is 12.7. The topological polar surface area (TPSA) is 55.1 Å². The lowest BCUT2D eigenvalue weighted by Gasteiger charge is -2.20. The Morgan fingerprint density at radius 1 is 0.780 bits per heavy atom. The molecule has 1 amide bonds. The molecule has 0 radical (unpaired) electrons. The van der Waals surface area contributed by atoms with E-state index < -0.39 is 0 Å². The van der Waals surface area contributed by atoms with Gasteiger partial charge >= 0.3 is 0 Å². The molecule has 0 aliphatic heterocycles. The van der Waals surface area contributed by atoms with Crippen molar-refractivity contribution >= 4 is 5.91 Å². The van der Waals surface area contributed by atoms with Crippen LogP contribution >= 0.6 is 0 Å². The molecule has 1 rings (SSSR count). The first kappa shape index (κ1) is 37.9. The summed E-state index contributed by atoms with van der Waals surface area (Å²) < 4.78 is 0. The molecule has 0 aromatic heterocycles. The first-order valence-electron chi connectivity index (χ1n) is 18.5. The number of hydrogen-bond donors (Lipinski definition) is 2. The van der Waals surface area contributed by atoms with E-state index in [9.17, 15) is 4.79 Å². The Morgan fingerprint density at radius 3 is 2.10 bits per heavy atom. The van der Waals surface area contributed by atoms with Gasteiger partial charge in [-0.1, -0.05) is 147 Å². The summed E-state index contributed by atoms with van der Waals surface area (Å²) in [5, 5.41) is 3.06. The molecule has 0 aromatic carbocycles. The van der Waals surface area contributed by atoms with E-state index in [0.717, 1.165) is 18.8 Å². The highest BCUT2D eigenvalue weighted by Gasteiger charge is 2.17. The lowest BCUT2D eigenvalue weighted by molar-refractivity contribution is -0.125. The Kier molecular flexibility index (Phi) is 26.8. The molecule has 0 heterocycles. The largest absolute Gasteiger partial charge is 0.355 e. The van der Waals surface area contributed by atoms with Crippen LogP contribution in [-0.2, 0) is 4.79 Å². The van der Waals surface area contributed by atoms with E-state index in [1.807, 2.05) is 0 Å². The molecule has 3 heteroatoms. The molecule has 0 saturated heterocycles. The van der Waals surface area contributed by atoms with Gasteiger partial charge < -0.3 is 11.1 Å². The number of unbranched alkanes of at least 4 members (excludes halogenated alkanes) is 9. The summed E-state index contributed by atoms with van der Waals surface area (Å²) in [5.41, 5.74) is 7.42. The summed E-state index contributed by atoms with van der Waals surface area (Å²) >= 11 is 0. The van der Waals surface area contributed by atoms with Gasteiger partial charge in [0.05, 0.1) is 0 Å². The van der Waals surface area contributed by atoms with Crippen molar-refractivity contribution in [2.75, 3.05) is 13.1 Å². The number of carbonyl (C=O) groups is 1. The van der Waals surface area contributed by atoms with Crippen molar-refractivity contribution in [2.24, 2.45) is 17.6 Å². The van der Waals surface area contributed by atoms with Gasteiger partial charge in [0.25, 0.3) is 0 Å². The van der Waals surface area contributed by atoms with Gasteiger partial charge in [0, 0.05) is 19.0 Å². The summed E-state index contributed by atoms with van der Waals surface area (Å²) in [7, 11) is 0. The minimum absolute atomic E-state index is 0.181. The molecule has 3 nitrogen and oxygen atoms in total. The lowest BCUT2D eigenvalue weighted by atomic mass is 9.85. The Balaban J connectivity index is 2.75. The Hall–Kier alpha value is -1.09. The highest BCUT2D eigenvalue weighted by molar-refractivity contribution is 5.78. The molecule has 0 saturated carbocycles. The number of allylic oxidation sites excluding steroid dienone is 4. The van der Waals surface area contributed by atoms with Crippen LogP contribution in [0.15, 0.2) is 23.8 Å². The van der Waals surface area contributed by atoms with Crippen molar-refractivity contribution in [1.29, 1.82) is 0 Å². The molecule has 1 aliphatic rings. The van der Waals surface area contributed by atoms with E-state index in [1.165, 1.54) is 161 Å². The molecule has 240 valence electrons. The van der Waals surface area contributed by atoms with Gasteiger partial charge in [-0.15, -0.1) is 0 Å². The zero-order chi connectivity index (χ0) is 29.6. The molecule has 3 N–H and O–H groups in total. The van der Waals surface area contributed by atoms with Crippen LogP contribution in [0.5, 0.6) is 0 Å². The second-order valence-electron chi connectivity index (χ2n) is 13.0. The van der Waals surface area contributed by atoms with E-state index in [4.69, 9.17) is 5.73 Å². The van der Waals surface area contributed by atoms with E-state index in [0.29, 0.717) is 13.1 Å². The quantitative estimate of drug-likeness (QED) is 0.151. The van der Waals surface area contributed by atoms with Crippen LogP contribution in [0.1, 0.15) is 187 Å². The fourth-order valence-corrected chi connectivity index (χ4v) is 6.52. The van der Waals surface area contributed by atoms with E-state index in [-0.39, 0.29) is 11.8 Å². The molecule has 0 bridgehead atoms. The van der Waals surface area contributed by atoms with Crippen LogP contribution in [0.25, 0.3) is 0 Å². The minimum Gasteiger partial charge on any atom is -0.355 e. The van der Waals surface area contributed by atoms with E-state index in [1.54, 1.807) is 5.57 Å². The molecule has 1 aliphatic carbocycles. The number of rotatable bonds is 15. The van der Waals surface area contributed by atoms with Crippen LogP contribution in [0, 0.1) is 11.8 Å². The zero-order valence-electron chi connectivity index (χ0n) is 27.9. The average Bonchev–Trinajstić information content (AvgIpc) is 2.98. The smallest absolute Gasteiger partial charge is 0.223 e. The molecule has 0 fully saturated rings. The van der Waals surface area contributed by atoms with Gasteiger partial charge in [-0.05, 0) is 70.1 Å². The maximum absolute atomic E-state index is 12.7. The van der Waals surface area contributed by atoms with Crippen molar-refractivity contribution in [3.63, 3.8) is 0 Å². The third-order valence-corrected chi connectivity index (χ3v) is 9.24. The van der Waals surface area contributed by atoms with Gasteiger partial charge in [-0.25, -0.2) is 0 Å². The second-order valence-corrected chi connectivity index (χ2v) is 13.0. The first-order chi connectivity index (χ1) is 20.2. The zero-order valence-corrected chi connectivity index (χ0v) is 27.9. The van der Waals surface area contributed by atoms with Crippen LogP contribution in [0.4, 0.5) is 0 Å². The molecular formula is C38H72N2O. The average molecular weight is 573 g/mol. The van der Waals surface area contributed by atoms with Crippen molar-refractivity contribution in [1.82, 2.24) is 5.32 Å². The Morgan fingerprint density at radius 2 is 1.39 bits per heavy atom. The number of nitrogens with two attached hydrogens (primary N) is 1. The number of carbonyl (C=O) groups excluding carboxylic acids is 1. The Labute approximate surface area is 257 Å². The first-order valence-corrected chi connectivity index (χ1v) is 18.5. The molecule has 2 unspecified atom stereocenters. The summed E-state index contributed by atoms with van der Waals surface area (Å²) in [4.78, 5) is 12.7. The predicted molar refractivity (Wildman–Crippen MR) is 182 cm³/mol. The van der Waals surface area contributed by atoms with Crippen molar-refractivity contribution < 1.29 is 4.79 Å². The number of amides is 1. The van der Waals surface area contributed by atoms with Gasteiger partial charge in [0.15, 0.2) is 0 Å². The van der Waals surface area contributed by atoms with Gasteiger partial charge in [0.1, 0.15) is 0 Å². The van der Waals surface area contributed by atoms with E-state index >= 15 is 0 Å². The summed E-state index contributed by atoms with van der Waals surface area (Å²) in [5.74, 6) is 1.18. The van der Waals surface area contributed by atoms with Crippen LogP contribution in [0.2, 0.25) is 0 Å². The lowest BCUT2D eigenvalue weighted by Crippen LogP contribution is -2.34. The fraction of sp³-hybridized carbons (Fsp3) is 0.868. The molecular weight excluding hydrogens is 500 g/mol. The van der Waals surface area contributed by atoms with Gasteiger partial charge in [-0.2, -0.15) is 0 Å². The van der Waals surface area contributed by atoms with Crippen LogP contribution in [0.3, 0.4) is 0 Å². The molecule has 0 aromatic rings. The molecule has 0 spiro atoms. The number of hydrogen-bond acceptors (Lipinski definition) is 2. The Bertz CT molecular complexity index is 640. The number of nitrogens with one attached hydrogen (secondary N) is 1. The summed E-state index contributed by atoms with van der Waals surface area (Å²) in [6.07, 6.45) is 42.9. The van der Waals surface area contributed by atoms with Crippen LogP contribution in [-0.4, -0.2) is 19.0 Å². The van der Waals surface area contributed by atoms with Crippen molar-refractivity contribution in [3.05, 3.63) is 23.8 Å². The standard InChI is InChI=1S/C38H72N2O/c1-3-5-7-9-11-16-22-29-36-30-24-18-14-15-20-26-32-37(38(41)40-34-33-39)31-25-19-13-10-12-17-23-28-35(36)27-21-8-6-4-2/h17,23,29,35,37H,3-16,18-22,24-28,30-34,39H2,1-2H3,(H,40,41)/b23-17-,36-29+. The van der Waals surface area contributed by atoms with E-state index in [2.05, 4.69) is 37.4 Å². The monoisotopic (exact) mass is 573 g/mol. The van der Waals surface area contributed by atoms with Crippen molar-refractivity contribution in [2.45, 2.75) is 187 Å². The fourth-order valence-electron chi connectivity index (χ4n) is 6.52. The third-order valence-electron chi connectivity index (χ3n) is 9.24. The summed E-state index contributed by atoms with van der Waals surface area (Å²) in [6.45, 7) is 5.77. The predicted octanol–water partition coefficient (Wildman–Crippen LogP) is 11.4. The normalized spacial score (nSPS) is 22.8. The van der Waals surface area contributed by atoms with Crippen molar-refractivity contribution in [3.8, 4) is 0 Å². The maximum Gasteiger partial charge on any atom is 0.223 e. The third kappa shape index (κ3) is 22.2. The van der Waals surface area contributed by atoms with Gasteiger partial charge in [0.2, 0.25) is 5.91 Å². The van der Waals surface area contributed by atoms with Gasteiger partial charge in [-0.3, -0.25) is 4.79 Å². The van der Waals surface area contributed by atoms with Crippen LogP contribution < -0.4 is 11.1 Å². The summed E-state index contributed by atoms with van der Waals surface area (Å²) in [6, 6.07) is 0. The molecule has 41 heavy (non-hydrogen) atoms.